The van der Waals surface area contributed by atoms with Crippen LogP contribution in [0.2, 0.25) is 5.02 Å². The molecule has 2 aromatic rings. The van der Waals surface area contributed by atoms with E-state index in [9.17, 15) is 4.79 Å². The van der Waals surface area contributed by atoms with E-state index in [4.69, 9.17) is 18.0 Å². The van der Waals surface area contributed by atoms with Gasteiger partial charge >= 0.3 is 0 Å². The molecule has 2 unspecified atom stereocenters. The molecule has 1 aliphatic heterocycles. The van der Waals surface area contributed by atoms with E-state index < -0.39 is 0 Å². The number of carbonyl (C=O) groups excluding carboxylic acids is 1. The summed E-state index contributed by atoms with van der Waals surface area (Å²) in [6, 6.07) is 12.1. The van der Waals surface area contributed by atoms with Gasteiger partial charge in [-0.05, 0) is 67.9 Å². The zero-order valence-corrected chi connectivity index (χ0v) is 18.7. The van der Waals surface area contributed by atoms with Gasteiger partial charge in [-0.1, -0.05) is 61.7 Å². The molecule has 0 N–H and O–H groups in total. The molecule has 0 aromatic heterocycles. The molecule has 2 atom stereocenters. The Morgan fingerprint density at radius 2 is 2.03 bits per heavy atom. The van der Waals surface area contributed by atoms with Crippen molar-refractivity contribution in [2.75, 3.05) is 4.90 Å². The Bertz CT molecular complexity index is 1070. The molecule has 4 rings (SSSR count). The first-order valence-electron chi connectivity index (χ1n) is 10.6. The largest absolute Gasteiger partial charge is 0.325 e. The monoisotopic (exact) mass is 417 g/mol. The standard InChI is InChI=1S/C27H28ClNO/c1-6-25-27(4,5)21-16-20(19-10-7-9-17(2)15-19)13-14-23(21)29(25)24-12-8-11-22(28)26(24)18(3)30/h1,8,11-14,16,19,25H,2,7,9-10,15H2,3-5H3. The second kappa shape index (κ2) is 7.64. The highest BCUT2D eigenvalue weighted by Gasteiger charge is 2.45. The number of benzene rings is 2. The molecule has 30 heavy (non-hydrogen) atoms. The summed E-state index contributed by atoms with van der Waals surface area (Å²) in [7, 11) is 0. The lowest BCUT2D eigenvalue weighted by atomic mass is 9.77. The van der Waals surface area contributed by atoms with E-state index in [1.165, 1.54) is 29.5 Å². The van der Waals surface area contributed by atoms with E-state index in [-0.39, 0.29) is 17.2 Å². The highest BCUT2D eigenvalue weighted by Crippen LogP contribution is 2.51. The van der Waals surface area contributed by atoms with Crippen molar-refractivity contribution in [3.63, 3.8) is 0 Å². The molecular weight excluding hydrogens is 390 g/mol. The van der Waals surface area contributed by atoms with Gasteiger partial charge in [0.1, 0.15) is 6.04 Å². The minimum atomic E-state index is -0.262. The van der Waals surface area contributed by atoms with Crippen LogP contribution in [0.25, 0.3) is 0 Å². The molecule has 0 spiro atoms. The van der Waals surface area contributed by atoms with Crippen molar-refractivity contribution in [2.24, 2.45) is 0 Å². The highest BCUT2D eigenvalue weighted by molar-refractivity contribution is 6.34. The Morgan fingerprint density at radius 3 is 2.70 bits per heavy atom. The molecule has 0 saturated heterocycles. The fourth-order valence-electron chi connectivity index (χ4n) is 5.19. The fourth-order valence-corrected chi connectivity index (χ4v) is 5.49. The Morgan fingerprint density at radius 1 is 1.27 bits per heavy atom. The maximum Gasteiger partial charge on any atom is 0.163 e. The topological polar surface area (TPSA) is 20.3 Å². The molecule has 2 aliphatic rings. The van der Waals surface area contributed by atoms with Crippen LogP contribution >= 0.6 is 11.6 Å². The van der Waals surface area contributed by atoms with Crippen LogP contribution in [0.3, 0.4) is 0 Å². The smallest absolute Gasteiger partial charge is 0.163 e. The van der Waals surface area contributed by atoms with E-state index in [0.717, 1.165) is 24.2 Å². The van der Waals surface area contributed by atoms with Crippen molar-refractivity contribution in [3.8, 4) is 12.3 Å². The van der Waals surface area contributed by atoms with Gasteiger partial charge in [-0.25, -0.2) is 0 Å². The van der Waals surface area contributed by atoms with E-state index in [2.05, 4.69) is 49.4 Å². The maximum atomic E-state index is 12.4. The zero-order chi connectivity index (χ0) is 21.6. The molecule has 3 heteroatoms. The van der Waals surface area contributed by atoms with Crippen LogP contribution in [0.4, 0.5) is 11.4 Å². The molecule has 0 radical (unpaired) electrons. The predicted molar refractivity (Wildman–Crippen MR) is 126 cm³/mol. The number of Topliss-reactive ketones (excluding diaryl/α,β-unsaturated/α-hetero) is 1. The van der Waals surface area contributed by atoms with E-state index in [1.807, 2.05) is 12.1 Å². The summed E-state index contributed by atoms with van der Waals surface area (Å²) in [5, 5.41) is 0.458. The number of anilines is 2. The van der Waals surface area contributed by atoms with Gasteiger partial charge in [0.2, 0.25) is 0 Å². The molecule has 0 bridgehead atoms. The average molecular weight is 418 g/mol. The number of hydrogen-bond acceptors (Lipinski definition) is 2. The summed E-state index contributed by atoms with van der Waals surface area (Å²) in [5.41, 5.74) is 6.04. The first-order chi connectivity index (χ1) is 14.3. The van der Waals surface area contributed by atoms with Crippen molar-refractivity contribution in [2.45, 2.75) is 63.8 Å². The number of halogens is 1. The number of allylic oxidation sites excluding steroid dienone is 1. The Kier molecular flexibility index (Phi) is 5.28. The van der Waals surface area contributed by atoms with Gasteiger partial charge in [-0.2, -0.15) is 0 Å². The quantitative estimate of drug-likeness (QED) is 0.299. The van der Waals surface area contributed by atoms with Crippen LogP contribution in [0, 0.1) is 12.3 Å². The third kappa shape index (κ3) is 3.26. The van der Waals surface area contributed by atoms with Crippen molar-refractivity contribution in [3.05, 3.63) is 70.3 Å². The van der Waals surface area contributed by atoms with Crippen LogP contribution in [0.5, 0.6) is 0 Å². The van der Waals surface area contributed by atoms with Crippen molar-refractivity contribution >= 4 is 28.8 Å². The van der Waals surface area contributed by atoms with Gasteiger partial charge in [0.05, 0.1) is 16.3 Å². The summed E-state index contributed by atoms with van der Waals surface area (Å²) >= 11 is 6.42. The molecule has 1 aliphatic carbocycles. The molecule has 154 valence electrons. The third-order valence-corrected chi connectivity index (χ3v) is 7.08. The normalized spacial score (nSPS) is 22.5. The number of hydrogen-bond donors (Lipinski definition) is 0. The number of fused-ring (bicyclic) bond motifs is 1. The summed E-state index contributed by atoms with van der Waals surface area (Å²) in [4.78, 5) is 14.6. The van der Waals surface area contributed by atoms with Gasteiger partial charge in [0.25, 0.3) is 0 Å². The van der Waals surface area contributed by atoms with E-state index >= 15 is 0 Å². The minimum Gasteiger partial charge on any atom is -0.325 e. The Hall–Kier alpha value is -2.50. The lowest BCUT2D eigenvalue weighted by molar-refractivity contribution is 0.101. The third-order valence-electron chi connectivity index (χ3n) is 6.77. The van der Waals surface area contributed by atoms with Crippen LogP contribution in [0.1, 0.15) is 73.9 Å². The molecule has 1 heterocycles. The molecule has 1 saturated carbocycles. The predicted octanol–water partition coefficient (Wildman–Crippen LogP) is 7.19. The summed E-state index contributed by atoms with van der Waals surface area (Å²) in [6.07, 6.45) is 10.7. The zero-order valence-electron chi connectivity index (χ0n) is 18.0. The van der Waals surface area contributed by atoms with Gasteiger partial charge in [0, 0.05) is 11.1 Å². The molecule has 2 nitrogen and oxygen atoms in total. The Labute approximate surface area is 184 Å². The van der Waals surface area contributed by atoms with E-state index in [0.29, 0.717) is 16.5 Å². The lowest BCUT2D eigenvalue weighted by Gasteiger charge is -2.31. The van der Waals surface area contributed by atoms with Gasteiger partial charge < -0.3 is 4.90 Å². The highest BCUT2D eigenvalue weighted by atomic mass is 35.5. The summed E-state index contributed by atoms with van der Waals surface area (Å²) in [6.45, 7) is 10.2. The first kappa shape index (κ1) is 20.8. The number of carbonyl (C=O) groups is 1. The Balaban J connectivity index is 1.87. The van der Waals surface area contributed by atoms with Crippen molar-refractivity contribution in [1.82, 2.24) is 0 Å². The summed E-state index contributed by atoms with van der Waals surface area (Å²) in [5.74, 6) is 3.46. The van der Waals surface area contributed by atoms with E-state index in [1.54, 1.807) is 13.0 Å². The first-order valence-corrected chi connectivity index (χ1v) is 11.0. The average Bonchev–Trinajstić information content (AvgIpc) is 2.93. The van der Waals surface area contributed by atoms with Crippen molar-refractivity contribution < 1.29 is 4.79 Å². The van der Waals surface area contributed by atoms with Crippen LogP contribution < -0.4 is 4.90 Å². The maximum absolute atomic E-state index is 12.4. The second-order valence-electron chi connectivity index (χ2n) is 9.17. The van der Waals surface area contributed by atoms with Gasteiger partial charge in [0.15, 0.2) is 5.78 Å². The minimum absolute atomic E-state index is 0.0602. The number of ketones is 1. The summed E-state index contributed by atoms with van der Waals surface area (Å²) < 4.78 is 0. The van der Waals surface area contributed by atoms with Crippen molar-refractivity contribution in [1.29, 1.82) is 0 Å². The van der Waals surface area contributed by atoms with Gasteiger partial charge in [-0.3, -0.25) is 4.79 Å². The second-order valence-corrected chi connectivity index (χ2v) is 9.58. The number of terminal acetylenes is 1. The number of nitrogens with zero attached hydrogens (tertiary/aromatic N) is 1. The van der Waals surface area contributed by atoms with Crippen LogP contribution in [-0.2, 0) is 5.41 Å². The van der Waals surface area contributed by atoms with Crippen LogP contribution in [0.15, 0.2) is 48.6 Å². The fraction of sp³-hybridized carbons (Fsp3) is 0.370. The lowest BCUT2D eigenvalue weighted by Crippen LogP contribution is -2.38. The molecule has 2 aromatic carbocycles. The SMILES string of the molecule is C#CC1N(c2cccc(Cl)c2C(C)=O)c2ccc(C3CCCC(=C)C3)cc2C1(C)C. The molecule has 1 fully saturated rings. The number of rotatable bonds is 3. The van der Waals surface area contributed by atoms with Gasteiger partial charge in [-0.15, -0.1) is 6.42 Å². The molecule has 0 amide bonds. The van der Waals surface area contributed by atoms with Crippen LogP contribution in [-0.4, -0.2) is 11.8 Å². The molecular formula is C27H28ClNO.